The molecule has 0 bridgehead atoms. The van der Waals surface area contributed by atoms with Crippen LogP contribution in [0.2, 0.25) is 5.02 Å². The minimum atomic E-state index is -0.144. The van der Waals surface area contributed by atoms with Gasteiger partial charge in [-0.05, 0) is 29.8 Å². The van der Waals surface area contributed by atoms with Crippen LogP contribution in [-0.2, 0) is 4.79 Å². The molecule has 1 aliphatic heterocycles. The normalized spacial score (nSPS) is 16.8. The molecule has 0 aromatic heterocycles. The number of anilines is 2. The molecule has 0 aliphatic carbocycles. The second kappa shape index (κ2) is 5.38. The Hall–Kier alpha value is -1.65. The average Bonchev–Trinajstić information content (AvgIpc) is 2.87. The second-order valence-electron chi connectivity index (χ2n) is 4.62. The van der Waals surface area contributed by atoms with Gasteiger partial charge in [0.05, 0.1) is 17.3 Å². The van der Waals surface area contributed by atoms with E-state index in [-0.39, 0.29) is 11.8 Å². The van der Waals surface area contributed by atoms with Crippen LogP contribution in [-0.4, -0.2) is 11.7 Å². The van der Waals surface area contributed by atoms with Gasteiger partial charge in [0.2, 0.25) is 5.91 Å². The molecule has 0 fully saturated rings. The first kappa shape index (κ1) is 13.3. The number of nitrogens with one attached hydrogen (secondary N) is 1. The lowest BCUT2D eigenvalue weighted by Gasteiger charge is -2.13. The van der Waals surface area contributed by atoms with E-state index in [0.717, 1.165) is 11.3 Å². The highest BCUT2D eigenvalue weighted by Crippen LogP contribution is 2.40. The van der Waals surface area contributed by atoms with E-state index in [9.17, 15) is 4.79 Å². The highest BCUT2D eigenvalue weighted by molar-refractivity contribution is 7.99. The first-order valence-corrected chi connectivity index (χ1v) is 7.59. The van der Waals surface area contributed by atoms with Crippen LogP contribution in [0.4, 0.5) is 11.4 Å². The zero-order valence-electron chi connectivity index (χ0n) is 10.6. The van der Waals surface area contributed by atoms with Gasteiger partial charge in [0.25, 0.3) is 0 Å². The van der Waals surface area contributed by atoms with Crippen LogP contribution in [0, 0.1) is 0 Å². The van der Waals surface area contributed by atoms with Crippen LogP contribution in [0.1, 0.15) is 11.5 Å². The molecule has 1 atom stereocenters. The van der Waals surface area contributed by atoms with Gasteiger partial charge in [-0.1, -0.05) is 29.8 Å². The van der Waals surface area contributed by atoms with Crippen LogP contribution >= 0.6 is 23.4 Å². The number of hydrogen-bond donors (Lipinski definition) is 2. The summed E-state index contributed by atoms with van der Waals surface area (Å²) in [5.41, 5.74) is 8.01. The van der Waals surface area contributed by atoms with Crippen LogP contribution < -0.4 is 11.1 Å². The van der Waals surface area contributed by atoms with Crippen molar-refractivity contribution in [1.82, 2.24) is 0 Å². The molecule has 5 heteroatoms. The number of fused-ring (bicyclic) bond motifs is 1. The third-order valence-electron chi connectivity index (χ3n) is 3.29. The zero-order chi connectivity index (χ0) is 14.1. The molecule has 0 saturated carbocycles. The summed E-state index contributed by atoms with van der Waals surface area (Å²) in [6.45, 7) is 0. The molecule has 2 aromatic rings. The Kier molecular flexibility index (Phi) is 3.59. The molecule has 1 amide bonds. The summed E-state index contributed by atoms with van der Waals surface area (Å²) >= 11 is 7.63. The smallest absolute Gasteiger partial charge is 0.232 e. The van der Waals surface area contributed by atoms with E-state index in [0.29, 0.717) is 16.4 Å². The molecule has 102 valence electrons. The van der Waals surface area contributed by atoms with E-state index in [1.807, 2.05) is 24.3 Å². The first-order valence-electron chi connectivity index (χ1n) is 6.23. The number of benzene rings is 2. The van der Waals surface area contributed by atoms with E-state index in [4.69, 9.17) is 17.3 Å². The molecule has 2 aromatic carbocycles. The summed E-state index contributed by atoms with van der Waals surface area (Å²) < 4.78 is 0. The van der Waals surface area contributed by atoms with Gasteiger partial charge in [-0.3, -0.25) is 4.79 Å². The van der Waals surface area contributed by atoms with Crippen molar-refractivity contribution in [1.29, 1.82) is 0 Å². The predicted molar refractivity (Wildman–Crippen MR) is 84.4 cm³/mol. The topological polar surface area (TPSA) is 55.1 Å². The van der Waals surface area contributed by atoms with Gasteiger partial charge in [0, 0.05) is 15.7 Å². The molecule has 3 nitrogen and oxygen atoms in total. The predicted octanol–water partition coefficient (Wildman–Crippen LogP) is 3.75. The second-order valence-corrected chi connectivity index (χ2v) is 6.12. The lowest BCUT2D eigenvalue weighted by molar-refractivity contribution is -0.117. The molecule has 0 radical (unpaired) electrons. The third-order valence-corrected chi connectivity index (χ3v) is 4.71. The lowest BCUT2D eigenvalue weighted by atomic mass is 10.0. The maximum Gasteiger partial charge on any atom is 0.232 e. The number of amides is 1. The van der Waals surface area contributed by atoms with Crippen molar-refractivity contribution >= 4 is 40.6 Å². The van der Waals surface area contributed by atoms with Crippen molar-refractivity contribution in [3.63, 3.8) is 0 Å². The number of hydrogen-bond acceptors (Lipinski definition) is 3. The zero-order valence-corrected chi connectivity index (χ0v) is 12.2. The molecule has 1 heterocycles. The highest BCUT2D eigenvalue weighted by Gasteiger charge is 2.29. The number of thioether (sulfide) groups is 1. The highest BCUT2D eigenvalue weighted by atomic mass is 35.5. The van der Waals surface area contributed by atoms with E-state index >= 15 is 0 Å². The van der Waals surface area contributed by atoms with E-state index in [1.165, 1.54) is 4.90 Å². The lowest BCUT2D eigenvalue weighted by Crippen LogP contribution is -2.21. The maximum atomic E-state index is 12.4. The Morgan fingerprint density at radius 2 is 2.10 bits per heavy atom. The fourth-order valence-corrected chi connectivity index (χ4v) is 3.64. The monoisotopic (exact) mass is 304 g/mol. The van der Waals surface area contributed by atoms with Crippen molar-refractivity contribution in [2.45, 2.75) is 10.8 Å². The van der Waals surface area contributed by atoms with Crippen molar-refractivity contribution in [3.05, 3.63) is 53.1 Å². The molecule has 20 heavy (non-hydrogen) atoms. The summed E-state index contributed by atoms with van der Waals surface area (Å²) in [7, 11) is 0. The molecule has 3 N–H and O–H groups in total. The Bertz CT molecular complexity index is 675. The van der Waals surface area contributed by atoms with Gasteiger partial charge in [-0.2, -0.15) is 0 Å². The van der Waals surface area contributed by atoms with Crippen molar-refractivity contribution in [2.75, 3.05) is 16.8 Å². The molecular weight excluding hydrogens is 292 g/mol. The molecular formula is C15H13ClN2OS. The van der Waals surface area contributed by atoms with Gasteiger partial charge < -0.3 is 11.1 Å². The van der Waals surface area contributed by atoms with E-state index in [2.05, 4.69) is 5.32 Å². The quantitative estimate of drug-likeness (QED) is 0.831. The third kappa shape index (κ3) is 2.49. The SMILES string of the molecule is Nc1ccc(Cl)cc1NC(=O)C1CSc2ccccc21. The van der Waals surface area contributed by atoms with Crippen LogP contribution in [0.5, 0.6) is 0 Å². The van der Waals surface area contributed by atoms with Crippen molar-refractivity contribution in [3.8, 4) is 0 Å². The number of nitrogens with two attached hydrogens (primary N) is 1. The van der Waals surface area contributed by atoms with Gasteiger partial charge in [0.15, 0.2) is 0 Å². The number of carbonyl (C=O) groups excluding carboxylic acids is 1. The number of carbonyl (C=O) groups is 1. The van der Waals surface area contributed by atoms with Gasteiger partial charge in [-0.25, -0.2) is 0 Å². The number of halogens is 1. The summed E-state index contributed by atoms with van der Waals surface area (Å²) in [5.74, 6) is 0.567. The first-order chi connectivity index (χ1) is 9.65. The Balaban J connectivity index is 1.83. The van der Waals surface area contributed by atoms with Crippen molar-refractivity contribution < 1.29 is 4.79 Å². The van der Waals surface area contributed by atoms with Crippen molar-refractivity contribution in [2.24, 2.45) is 0 Å². The summed E-state index contributed by atoms with van der Waals surface area (Å²) in [6.07, 6.45) is 0. The maximum absolute atomic E-state index is 12.4. The van der Waals surface area contributed by atoms with Gasteiger partial charge in [0.1, 0.15) is 0 Å². The minimum Gasteiger partial charge on any atom is -0.397 e. The van der Waals surface area contributed by atoms with Crippen LogP contribution in [0.15, 0.2) is 47.4 Å². The minimum absolute atomic E-state index is 0.0450. The Morgan fingerprint density at radius 3 is 2.95 bits per heavy atom. The van der Waals surface area contributed by atoms with Gasteiger partial charge in [-0.15, -0.1) is 11.8 Å². The number of nitrogen functional groups attached to an aromatic ring is 1. The molecule has 3 rings (SSSR count). The molecule has 1 aliphatic rings. The Morgan fingerprint density at radius 1 is 1.30 bits per heavy atom. The standard InChI is InChI=1S/C15H13ClN2OS/c16-9-5-6-12(17)13(7-9)18-15(19)11-8-20-14-4-2-1-3-10(11)14/h1-7,11H,8,17H2,(H,18,19). The molecule has 0 saturated heterocycles. The number of rotatable bonds is 2. The van der Waals surface area contributed by atoms with E-state index in [1.54, 1.807) is 30.0 Å². The average molecular weight is 305 g/mol. The molecule has 0 spiro atoms. The fraction of sp³-hybridized carbons (Fsp3) is 0.133. The Labute approximate surface area is 126 Å². The summed E-state index contributed by atoms with van der Waals surface area (Å²) in [4.78, 5) is 13.6. The summed E-state index contributed by atoms with van der Waals surface area (Å²) in [5, 5.41) is 3.42. The fourth-order valence-electron chi connectivity index (χ4n) is 2.24. The van der Waals surface area contributed by atoms with Crippen LogP contribution in [0.3, 0.4) is 0 Å². The molecule has 1 unspecified atom stereocenters. The van der Waals surface area contributed by atoms with Gasteiger partial charge >= 0.3 is 0 Å². The van der Waals surface area contributed by atoms with Crippen LogP contribution in [0.25, 0.3) is 0 Å². The largest absolute Gasteiger partial charge is 0.397 e. The summed E-state index contributed by atoms with van der Waals surface area (Å²) in [6, 6.07) is 13.0. The van der Waals surface area contributed by atoms with E-state index < -0.39 is 0 Å².